The zero-order chi connectivity index (χ0) is 23.1. The largest absolute Gasteiger partial charge is 0.497 e. The fourth-order valence-corrected chi connectivity index (χ4v) is 4.06. The number of hydrogen-bond donors (Lipinski definition) is 2. The van der Waals surface area contributed by atoms with Gasteiger partial charge in [0.1, 0.15) is 5.75 Å². The molecule has 166 valence electrons. The van der Waals surface area contributed by atoms with Crippen LogP contribution in [0, 0.1) is 0 Å². The van der Waals surface area contributed by atoms with Crippen molar-refractivity contribution in [1.29, 1.82) is 0 Å². The predicted molar refractivity (Wildman–Crippen MR) is 126 cm³/mol. The average molecular weight is 472 g/mol. The molecule has 0 saturated heterocycles. The summed E-state index contributed by atoms with van der Waals surface area (Å²) in [7, 11) is -2.28. The Bertz CT molecular complexity index is 1220. The van der Waals surface area contributed by atoms with Crippen LogP contribution in [0.25, 0.3) is 0 Å². The number of nitrogens with one attached hydrogen (secondary N) is 2. The molecule has 9 heteroatoms. The quantitative estimate of drug-likeness (QED) is 0.373. The van der Waals surface area contributed by atoms with E-state index in [9.17, 15) is 13.2 Å². The van der Waals surface area contributed by atoms with Gasteiger partial charge in [0.05, 0.1) is 12.0 Å². The molecule has 0 aliphatic rings. The van der Waals surface area contributed by atoms with Gasteiger partial charge in [-0.05, 0) is 67.1 Å². The van der Waals surface area contributed by atoms with Crippen molar-refractivity contribution in [2.24, 2.45) is 5.10 Å². The van der Waals surface area contributed by atoms with Gasteiger partial charge in [-0.15, -0.1) is 0 Å². The number of methoxy groups -OCH3 is 1. The minimum Gasteiger partial charge on any atom is -0.497 e. The van der Waals surface area contributed by atoms with E-state index in [0.717, 1.165) is 11.3 Å². The van der Waals surface area contributed by atoms with Crippen molar-refractivity contribution in [3.05, 3.63) is 88.9 Å². The number of nitrogens with zero attached hydrogens (tertiary/aromatic N) is 1. The SMILES string of the molecule is COc1ccc(C/C(C)=N/NC(=O)c2cccc(S(=O)(=O)Nc3ccc(Cl)cc3)c2)cc1. The number of carbonyl (C=O) groups is 1. The van der Waals surface area contributed by atoms with E-state index in [1.165, 1.54) is 24.3 Å². The van der Waals surface area contributed by atoms with E-state index < -0.39 is 15.9 Å². The number of hydrazone groups is 1. The molecule has 0 aliphatic heterocycles. The number of carbonyl (C=O) groups excluding carboxylic acids is 1. The van der Waals surface area contributed by atoms with E-state index in [0.29, 0.717) is 22.8 Å². The van der Waals surface area contributed by atoms with E-state index in [1.54, 1.807) is 38.3 Å². The van der Waals surface area contributed by atoms with Crippen LogP contribution in [0.2, 0.25) is 5.02 Å². The highest BCUT2D eigenvalue weighted by Gasteiger charge is 2.16. The first-order valence-corrected chi connectivity index (χ1v) is 11.5. The Morgan fingerprint density at radius 3 is 2.38 bits per heavy atom. The third-order valence-corrected chi connectivity index (χ3v) is 6.10. The van der Waals surface area contributed by atoms with Gasteiger partial charge >= 0.3 is 0 Å². The maximum Gasteiger partial charge on any atom is 0.271 e. The van der Waals surface area contributed by atoms with E-state index in [2.05, 4.69) is 15.2 Å². The molecule has 0 radical (unpaired) electrons. The standard InChI is InChI=1S/C23H22ClN3O4S/c1-16(14-17-6-12-21(31-2)13-7-17)25-26-23(28)18-4-3-5-22(15-18)32(29,30)27-20-10-8-19(24)9-11-20/h3-13,15,27H,14H2,1-2H3,(H,26,28)/b25-16+. The minimum absolute atomic E-state index is 0.0426. The summed E-state index contributed by atoms with van der Waals surface area (Å²) in [6.07, 6.45) is 0.545. The lowest BCUT2D eigenvalue weighted by Gasteiger charge is -2.09. The molecule has 0 atom stereocenters. The second-order valence-corrected chi connectivity index (χ2v) is 9.07. The van der Waals surface area contributed by atoms with E-state index >= 15 is 0 Å². The molecule has 0 heterocycles. The molecule has 3 aromatic rings. The highest BCUT2D eigenvalue weighted by atomic mass is 35.5. The van der Waals surface area contributed by atoms with Gasteiger partial charge in [-0.3, -0.25) is 9.52 Å². The number of sulfonamides is 1. The Hall–Kier alpha value is -3.36. The zero-order valence-electron chi connectivity index (χ0n) is 17.5. The van der Waals surface area contributed by atoms with E-state index in [4.69, 9.17) is 16.3 Å². The Labute approximate surface area is 192 Å². The first-order valence-electron chi connectivity index (χ1n) is 9.62. The molecule has 2 N–H and O–H groups in total. The van der Waals surface area contributed by atoms with Crippen LogP contribution >= 0.6 is 11.6 Å². The lowest BCUT2D eigenvalue weighted by atomic mass is 10.1. The van der Waals surface area contributed by atoms with E-state index in [1.807, 2.05) is 24.3 Å². The molecule has 0 spiro atoms. The number of ether oxygens (including phenoxy) is 1. The summed E-state index contributed by atoms with van der Waals surface area (Å²) in [5, 5.41) is 4.61. The molecule has 0 aromatic heterocycles. The van der Waals surface area contributed by atoms with Crippen molar-refractivity contribution in [1.82, 2.24) is 5.43 Å². The molecule has 3 aromatic carbocycles. The van der Waals surface area contributed by atoms with Gasteiger partial charge in [0, 0.05) is 28.4 Å². The summed E-state index contributed by atoms with van der Waals surface area (Å²) in [4.78, 5) is 12.5. The molecule has 0 saturated carbocycles. The highest BCUT2D eigenvalue weighted by Crippen LogP contribution is 2.19. The number of rotatable bonds is 8. The lowest BCUT2D eigenvalue weighted by Crippen LogP contribution is -2.20. The molecule has 0 bridgehead atoms. The van der Waals surface area contributed by atoms with Gasteiger partial charge in [-0.25, -0.2) is 13.8 Å². The summed E-state index contributed by atoms with van der Waals surface area (Å²) in [5.41, 5.74) is 4.71. The minimum atomic E-state index is -3.88. The predicted octanol–water partition coefficient (Wildman–Crippen LogP) is 4.50. The van der Waals surface area contributed by atoms with Gasteiger partial charge in [-0.2, -0.15) is 5.10 Å². The van der Waals surface area contributed by atoms with Crippen LogP contribution in [0.4, 0.5) is 5.69 Å². The molecule has 3 rings (SSSR count). The summed E-state index contributed by atoms with van der Waals surface area (Å²) >= 11 is 5.83. The lowest BCUT2D eigenvalue weighted by molar-refractivity contribution is 0.0954. The van der Waals surface area contributed by atoms with Crippen LogP contribution < -0.4 is 14.9 Å². The maximum atomic E-state index is 12.7. The molecule has 1 amide bonds. The van der Waals surface area contributed by atoms with Crippen LogP contribution in [0.15, 0.2) is 82.8 Å². The van der Waals surface area contributed by atoms with E-state index in [-0.39, 0.29) is 10.5 Å². The third kappa shape index (κ3) is 6.32. The average Bonchev–Trinajstić information content (AvgIpc) is 2.79. The van der Waals surface area contributed by atoms with Crippen LogP contribution in [0.5, 0.6) is 5.75 Å². The van der Waals surface area contributed by atoms with Crippen molar-refractivity contribution < 1.29 is 17.9 Å². The maximum absolute atomic E-state index is 12.7. The van der Waals surface area contributed by atoms with Gasteiger partial charge in [-0.1, -0.05) is 29.8 Å². The zero-order valence-corrected chi connectivity index (χ0v) is 19.1. The molecule has 32 heavy (non-hydrogen) atoms. The summed E-state index contributed by atoms with van der Waals surface area (Å²) in [6, 6.07) is 19.5. The second-order valence-electron chi connectivity index (χ2n) is 6.95. The van der Waals surface area contributed by atoms with Crippen molar-refractivity contribution in [2.75, 3.05) is 11.8 Å². The van der Waals surface area contributed by atoms with Gasteiger partial charge in [0.2, 0.25) is 0 Å². The van der Waals surface area contributed by atoms with Crippen LogP contribution in [0.3, 0.4) is 0 Å². The molecule has 0 aliphatic carbocycles. The number of amides is 1. The first kappa shape index (κ1) is 23.3. The highest BCUT2D eigenvalue weighted by molar-refractivity contribution is 7.92. The van der Waals surface area contributed by atoms with Crippen molar-refractivity contribution >= 4 is 38.9 Å². The summed E-state index contributed by atoms with van der Waals surface area (Å²) in [5.74, 6) is 0.250. The fraction of sp³-hybridized carbons (Fsp3) is 0.130. The molecule has 0 fully saturated rings. The second kappa shape index (κ2) is 10.3. The number of halogens is 1. The smallest absolute Gasteiger partial charge is 0.271 e. The first-order chi connectivity index (χ1) is 15.3. The van der Waals surface area contributed by atoms with Crippen molar-refractivity contribution in [3.63, 3.8) is 0 Å². The summed E-state index contributed by atoms with van der Waals surface area (Å²) in [6.45, 7) is 1.79. The van der Waals surface area contributed by atoms with Crippen LogP contribution in [-0.4, -0.2) is 27.1 Å². The fourth-order valence-electron chi connectivity index (χ4n) is 2.83. The number of anilines is 1. The normalized spacial score (nSPS) is 11.7. The third-order valence-electron chi connectivity index (χ3n) is 4.47. The molecule has 7 nitrogen and oxygen atoms in total. The monoisotopic (exact) mass is 471 g/mol. The van der Waals surface area contributed by atoms with Crippen molar-refractivity contribution in [2.45, 2.75) is 18.2 Å². The number of benzene rings is 3. The van der Waals surface area contributed by atoms with Gasteiger partial charge < -0.3 is 4.74 Å². The Kier molecular flexibility index (Phi) is 7.50. The Balaban J connectivity index is 1.67. The molecule has 0 unspecified atom stereocenters. The van der Waals surface area contributed by atoms with Crippen LogP contribution in [0.1, 0.15) is 22.8 Å². The van der Waals surface area contributed by atoms with Crippen LogP contribution in [-0.2, 0) is 16.4 Å². The number of hydrogen-bond acceptors (Lipinski definition) is 5. The Morgan fingerprint density at radius 1 is 1.03 bits per heavy atom. The van der Waals surface area contributed by atoms with Gasteiger partial charge in [0.25, 0.3) is 15.9 Å². The topological polar surface area (TPSA) is 96.9 Å². The van der Waals surface area contributed by atoms with Gasteiger partial charge in [0.15, 0.2) is 0 Å². The summed E-state index contributed by atoms with van der Waals surface area (Å²) < 4.78 is 32.9. The molecular formula is C23H22ClN3O4S. The van der Waals surface area contributed by atoms with Crippen molar-refractivity contribution in [3.8, 4) is 5.75 Å². The Morgan fingerprint density at radius 2 is 1.72 bits per heavy atom. The molecular weight excluding hydrogens is 450 g/mol.